The SMILES string of the molecule is CCn1cc(-c2nc(NC3CCCCC3NC(=O)OC(C)(C)C)cc(C#N)c2C(=O)OC)cn1. The van der Waals surface area contributed by atoms with E-state index in [4.69, 9.17) is 9.47 Å². The van der Waals surface area contributed by atoms with Crippen molar-refractivity contribution in [3.63, 3.8) is 0 Å². The molecule has 0 spiro atoms. The minimum Gasteiger partial charge on any atom is -0.465 e. The van der Waals surface area contributed by atoms with E-state index in [0.717, 1.165) is 25.7 Å². The first-order valence-corrected chi connectivity index (χ1v) is 11.5. The van der Waals surface area contributed by atoms with Crippen LogP contribution in [0.1, 0.15) is 69.3 Å². The Bertz CT molecular complexity index is 1080. The van der Waals surface area contributed by atoms with E-state index in [-0.39, 0.29) is 23.2 Å². The van der Waals surface area contributed by atoms with Crippen molar-refractivity contribution in [3.8, 4) is 17.3 Å². The number of hydrogen-bond acceptors (Lipinski definition) is 8. The van der Waals surface area contributed by atoms with Gasteiger partial charge in [-0.15, -0.1) is 0 Å². The third kappa shape index (κ3) is 6.04. The smallest absolute Gasteiger partial charge is 0.407 e. The number of carbonyl (C=O) groups excluding carboxylic acids is 2. The van der Waals surface area contributed by atoms with Crippen molar-refractivity contribution in [3.05, 3.63) is 29.6 Å². The number of amides is 1. The first-order chi connectivity index (χ1) is 16.1. The maximum absolute atomic E-state index is 12.5. The molecular formula is C24H32N6O4. The van der Waals surface area contributed by atoms with Gasteiger partial charge >= 0.3 is 12.1 Å². The maximum Gasteiger partial charge on any atom is 0.407 e. The zero-order chi connectivity index (χ0) is 24.9. The number of rotatable bonds is 6. The highest BCUT2D eigenvalue weighted by Gasteiger charge is 2.30. The van der Waals surface area contributed by atoms with Crippen molar-refractivity contribution < 1.29 is 19.1 Å². The van der Waals surface area contributed by atoms with Gasteiger partial charge in [-0.05, 0) is 46.6 Å². The Morgan fingerprint density at radius 3 is 2.56 bits per heavy atom. The number of alkyl carbamates (subject to hydrolysis) is 1. The first kappa shape index (κ1) is 25.0. The van der Waals surface area contributed by atoms with Gasteiger partial charge in [0.1, 0.15) is 23.1 Å². The Hall–Kier alpha value is -3.61. The molecule has 0 bridgehead atoms. The molecule has 3 rings (SSSR count). The zero-order valence-corrected chi connectivity index (χ0v) is 20.3. The second-order valence-electron chi connectivity index (χ2n) is 9.25. The minimum atomic E-state index is -0.642. The van der Waals surface area contributed by atoms with E-state index in [1.807, 2.05) is 27.7 Å². The number of esters is 1. The molecule has 2 unspecified atom stereocenters. The van der Waals surface area contributed by atoms with Gasteiger partial charge in [-0.3, -0.25) is 4.68 Å². The number of pyridine rings is 1. The lowest BCUT2D eigenvalue weighted by Crippen LogP contribution is -2.49. The molecule has 10 nitrogen and oxygen atoms in total. The number of nitriles is 1. The van der Waals surface area contributed by atoms with Gasteiger partial charge in [0.05, 0.1) is 30.6 Å². The van der Waals surface area contributed by atoms with Gasteiger partial charge in [0.15, 0.2) is 0 Å². The molecule has 1 fully saturated rings. The summed E-state index contributed by atoms with van der Waals surface area (Å²) in [5.41, 5.74) is 0.580. The minimum absolute atomic E-state index is 0.0956. The molecule has 182 valence electrons. The Balaban J connectivity index is 1.94. The van der Waals surface area contributed by atoms with Crippen molar-refractivity contribution in [2.75, 3.05) is 12.4 Å². The van der Waals surface area contributed by atoms with Crippen molar-refractivity contribution >= 4 is 17.9 Å². The predicted molar refractivity (Wildman–Crippen MR) is 126 cm³/mol. The van der Waals surface area contributed by atoms with Crippen LogP contribution in [0.4, 0.5) is 10.6 Å². The van der Waals surface area contributed by atoms with Crippen LogP contribution in [0.25, 0.3) is 11.3 Å². The van der Waals surface area contributed by atoms with Crippen molar-refractivity contribution in [2.24, 2.45) is 0 Å². The molecule has 1 amide bonds. The predicted octanol–water partition coefficient (Wildman–Crippen LogP) is 3.87. The van der Waals surface area contributed by atoms with Gasteiger partial charge in [0, 0.05) is 24.3 Å². The third-order valence-electron chi connectivity index (χ3n) is 5.56. The van der Waals surface area contributed by atoms with E-state index in [1.54, 1.807) is 23.1 Å². The second-order valence-corrected chi connectivity index (χ2v) is 9.25. The fraction of sp³-hybridized carbons (Fsp3) is 0.542. The average molecular weight is 469 g/mol. The fourth-order valence-electron chi connectivity index (χ4n) is 4.01. The summed E-state index contributed by atoms with van der Waals surface area (Å²) in [5, 5.41) is 20.4. The van der Waals surface area contributed by atoms with Crippen LogP contribution < -0.4 is 10.6 Å². The van der Waals surface area contributed by atoms with E-state index in [1.165, 1.54) is 7.11 Å². The van der Waals surface area contributed by atoms with E-state index in [2.05, 4.69) is 26.8 Å². The summed E-state index contributed by atoms with van der Waals surface area (Å²) >= 11 is 0. The Labute approximate surface area is 199 Å². The monoisotopic (exact) mass is 468 g/mol. The highest BCUT2D eigenvalue weighted by molar-refractivity contribution is 5.99. The maximum atomic E-state index is 12.5. The van der Waals surface area contributed by atoms with E-state index >= 15 is 0 Å². The van der Waals surface area contributed by atoms with E-state index in [9.17, 15) is 14.9 Å². The quantitative estimate of drug-likeness (QED) is 0.611. The van der Waals surface area contributed by atoms with E-state index < -0.39 is 17.7 Å². The Morgan fingerprint density at radius 1 is 1.26 bits per heavy atom. The summed E-state index contributed by atoms with van der Waals surface area (Å²) in [6.07, 6.45) is 6.49. The molecule has 0 radical (unpaired) electrons. The van der Waals surface area contributed by atoms with Crippen LogP contribution >= 0.6 is 0 Å². The summed E-state index contributed by atoms with van der Waals surface area (Å²) in [6, 6.07) is 3.35. The molecule has 2 atom stereocenters. The highest BCUT2D eigenvalue weighted by atomic mass is 16.6. The molecule has 0 aliphatic heterocycles. The van der Waals surface area contributed by atoms with Crippen LogP contribution in [-0.4, -0.2) is 51.6 Å². The number of ether oxygens (including phenoxy) is 2. The largest absolute Gasteiger partial charge is 0.465 e. The molecule has 1 saturated carbocycles. The van der Waals surface area contributed by atoms with Gasteiger partial charge in [0.2, 0.25) is 0 Å². The summed E-state index contributed by atoms with van der Waals surface area (Å²) in [5.74, 6) is -0.205. The van der Waals surface area contributed by atoms with Crippen molar-refractivity contribution in [1.29, 1.82) is 5.26 Å². The van der Waals surface area contributed by atoms with E-state index in [0.29, 0.717) is 23.6 Å². The van der Waals surface area contributed by atoms with Crippen LogP contribution in [0.2, 0.25) is 0 Å². The lowest BCUT2D eigenvalue weighted by Gasteiger charge is -2.34. The summed E-state index contributed by atoms with van der Waals surface area (Å²) < 4.78 is 12.1. The standard InChI is InChI=1S/C24H32N6O4/c1-6-30-14-16(13-26-30)21-20(22(31)33-5)15(12-25)11-19(29-21)27-17-9-7-8-10-18(17)28-23(32)34-24(2,3)4/h11,13-14,17-18H,6-10H2,1-5H3,(H,27,29)(H,28,32). The molecule has 34 heavy (non-hydrogen) atoms. The lowest BCUT2D eigenvalue weighted by atomic mass is 9.90. The first-order valence-electron chi connectivity index (χ1n) is 11.5. The van der Waals surface area contributed by atoms with Gasteiger partial charge in [-0.2, -0.15) is 10.4 Å². The normalized spacial score (nSPS) is 18.0. The topological polar surface area (TPSA) is 131 Å². The number of carbonyl (C=O) groups is 2. The number of aromatic nitrogens is 3. The van der Waals surface area contributed by atoms with Crippen LogP contribution in [-0.2, 0) is 16.0 Å². The number of nitrogens with zero attached hydrogens (tertiary/aromatic N) is 4. The molecule has 0 aromatic carbocycles. The number of aryl methyl sites for hydroxylation is 1. The molecule has 2 aromatic rings. The van der Waals surface area contributed by atoms with Crippen LogP contribution in [0.5, 0.6) is 0 Å². The molecule has 2 aromatic heterocycles. The van der Waals surface area contributed by atoms with Crippen molar-refractivity contribution in [1.82, 2.24) is 20.1 Å². The molecule has 2 N–H and O–H groups in total. The molecular weight excluding hydrogens is 436 g/mol. The van der Waals surface area contributed by atoms with Crippen LogP contribution in [0.15, 0.2) is 18.5 Å². The molecule has 1 aliphatic carbocycles. The van der Waals surface area contributed by atoms with Gasteiger partial charge in [-0.1, -0.05) is 12.8 Å². The second kappa shape index (κ2) is 10.5. The highest BCUT2D eigenvalue weighted by Crippen LogP contribution is 2.29. The summed E-state index contributed by atoms with van der Waals surface area (Å²) in [7, 11) is 1.27. The molecule has 1 aliphatic rings. The number of methoxy groups -OCH3 is 1. The fourth-order valence-corrected chi connectivity index (χ4v) is 4.01. The average Bonchev–Trinajstić information content (AvgIpc) is 3.27. The lowest BCUT2D eigenvalue weighted by molar-refractivity contribution is 0.0487. The number of anilines is 1. The van der Waals surface area contributed by atoms with Crippen LogP contribution in [0.3, 0.4) is 0 Å². The van der Waals surface area contributed by atoms with Crippen molar-refractivity contribution in [2.45, 2.75) is 77.6 Å². The number of hydrogen-bond donors (Lipinski definition) is 2. The molecule has 0 saturated heterocycles. The Morgan fingerprint density at radius 2 is 1.97 bits per heavy atom. The van der Waals surface area contributed by atoms with Gasteiger partial charge in [-0.25, -0.2) is 14.6 Å². The van der Waals surface area contributed by atoms with Gasteiger partial charge in [0.25, 0.3) is 0 Å². The summed E-state index contributed by atoms with van der Waals surface area (Å²) in [4.78, 5) is 29.6. The molecule has 2 heterocycles. The zero-order valence-electron chi connectivity index (χ0n) is 20.3. The number of nitrogens with one attached hydrogen (secondary N) is 2. The van der Waals surface area contributed by atoms with Gasteiger partial charge < -0.3 is 20.1 Å². The van der Waals surface area contributed by atoms with Crippen LogP contribution in [0, 0.1) is 11.3 Å². The molecule has 10 heteroatoms. The summed E-state index contributed by atoms with van der Waals surface area (Å²) in [6.45, 7) is 8.06. The Kier molecular flexibility index (Phi) is 7.76. The third-order valence-corrected chi connectivity index (χ3v) is 5.56.